The Balaban J connectivity index is 2.58. The minimum Gasteiger partial charge on any atom is -0.311 e. The van der Waals surface area contributed by atoms with Crippen molar-refractivity contribution in [2.45, 2.75) is 40.8 Å². The zero-order chi connectivity index (χ0) is 14.6. The van der Waals surface area contributed by atoms with Crippen molar-refractivity contribution in [2.75, 3.05) is 27.2 Å². The van der Waals surface area contributed by atoms with Crippen molar-refractivity contribution < 1.29 is 0 Å². The van der Waals surface area contributed by atoms with Gasteiger partial charge in [0.25, 0.3) is 0 Å². The average molecular weight is 331 g/mol. The lowest BCUT2D eigenvalue weighted by Crippen LogP contribution is -2.37. The molecule has 0 spiro atoms. The van der Waals surface area contributed by atoms with E-state index in [-0.39, 0.29) is 5.41 Å². The molecule has 4 nitrogen and oxygen atoms in total. The number of aromatic nitrogens is 2. The summed E-state index contributed by atoms with van der Waals surface area (Å²) < 4.78 is 3.19. The second-order valence-electron chi connectivity index (χ2n) is 6.17. The van der Waals surface area contributed by atoms with Crippen molar-refractivity contribution in [1.29, 1.82) is 0 Å². The van der Waals surface area contributed by atoms with Crippen LogP contribution in [0, 0.1) is 12.3 Å². The van der Waals surface area contributed by atoms with Gasteiger partial charge >= 0.3 is 0 Å². The number of aryl methyl sites for hydroxylation is 2. The minimum absolute atomic E-state index is 0.266. The Hall–Kier alpha value is -0.390. The third-order valence-electron chi connectivity index (χ3n) is 3.09. The molecule has 19 heavy (non-hydrogen) atoms. The van der Waals surface area contributed by atoms with Gasteiger partial charge in [-0.05, 0) is 49.3 Å². The molecule has 0 aliphatic heterocycles. The first kappa shape index (κ1) is 16.7. The molecule has 0 saturated heterocycles. The highest BCUT2D eigenvalue weighted by atomic mass is 79.9. The number of hydrogen-bond donors (Lipinski definition) is 1. The van der Waals surface area contributed by atoms with E-state index in [1.54, 1.807) is 0 Å². The van der Waals surface area contributed by atoms with Crippen LogP contribution in [0.4, 0.5) is 0 Å². The molecule has 0 amide bonds. The Kier molecular flexibility index (Phi) is 6.02. The van der Waals surface area contributed by atoms with Crippen LogP contribution in [0.5, 0.6) is 0 Å². The molecule has 5 heteroatoms. The topological polar surface area (TPSA) is 33.1 Å². The molecule has 0 bridgehead atoms. The monoisotopic (exact) mass is 330 g/mol. The first-order valence-corrected chi connectivity index (χ1v) is 7.63. The van der Waals surface area contributed by atoms with Gasteiger partial charge in [0.15, 0.2) is 0 Å². The number of hydrogen-bond acceptors (Lipinski definition) is 3. The number of nitrogens with zero attached hydrogens (tertiary/aromatic N) is 3. The molecule has 0 aromatic carbocycles. The molecular weight excluding hydrogens is 304 g/mol. The minimum atomic E-state index is 0.266. The quantitative estimate of drug-likeness (QED) is 0.834. The van der Waals surface area contributed by atoms with Crippen LogP contribution in [-0.2, 0) is 13.1 Å². The average Bonchev–Trinajstić information content (AvgIpc) is 2.54. The normalized spacial score (nSPS) is 12.4. The van der Waals surface area contributed by atoms with E-state index in [9.17, 15) is 0 Å². The van der Waals surface area contributed by atoms with Gasteiger partial charge in [0.1, 0.15) is 0 Å². The maximum Gasteiger partial charge on any atom is 0.0739 e. The zero-order valence-corrected chi connectivity index (χ0v) is 14.6. The standard InChI is InChI=1S/C14H27BrN4/c1-7-19-12(13(15)11(2)17-19)8-16-9-14(3,4)10-18(5)6/h16H,7-10H2,1-6H3. The number of halogens is 1. The molecule has 0 saturated carbocycles. The van der Waals surface area contributed by atoms with E-state index in [1.807, 2.05) is 6.92 Å². The second kappa shape index (κ2) is 6.86. The predicted octanol–water partition coefficient (Wildman–Crippen LogP) is 2.65. The third kappa shape index (κ3) is 4.89. The van der Waals surface area contributed by atoms with Gasteiger partial charge in [-0.1, -0.05) is 13.8 Å². The van der Waals surface area contributed by atoms with E-state index in [4.69, 9.17) is 0 Å². The molecule has 0 aliphatic rings. The van der Waals surface area contributed by atoms with Crippen molar-refractivity contribution in [3.63, 3.8) is 0 Å². The Morgan fingerprint density at radius 1 is 1.37 bits per heavy atom. The summed E-state index contributed by atoms with van der Waals surface area (Å²) in [5.74, 6) is 0. The molecule has 0 aliphatic carbocycles. The van der Waals surface area contributed by atoms with Crippen molar-refractivity contribution >= 4 is 15.9 Å². The molecule has 0 unspecified atom stereocenters. The Labute approximate surface area is 125 Å². The van der Waals surface area contributed by atoms with Crippen molar-refractivity contribution in [1.82, 2.24) is 20.0 Å². The molecule has 1 rings (SSSR count). The smallest absolute Gasteiger partial charge is 0.0739 e. The van der Waals surface area contributed by atoms with Crippen LogP contribution in [0.1, 0.15) is 32.2 Å². The lowest BCUT2D eigenvalue weighted by atomic mass is 9.93. The fourth-order valence-corrected chi connectivity index (χ4v) is 2.89. The van der Waals surface area contributed by atoms with Crippen molar-refractivity contribution in [2.24, 2.45) is 5.41 Å². The van der Waals surface area contributed by atoms with E-state index >= 15 is 0 Å². The number of nitrogens with one attached hydrogen (secondary N) is 1. The maximum absolute atomic E-state index is 4.51. The molecule has 110 valence electrons. The summed E-state index contributed by atoms with van der Waals surface area (Å²) in [6.45, 7) is 12.6. The van der Waals surface area contributed by atoms with Crippen LogP contribution >= 0.6 is 15.9 Å². The zero-order valence-electron chi connectivity index (χ0n) is 13.0. The largest absolute Gasteiger partial charge is 0.311 e. The van der Waals surface area contributed by atoms with Gasteiger partial charge in [0.05, 0.1) is 15.9 Å². The van der Waals surface area contributed by atoms with Gasteiger partial charge < -0.3 is 10.2 Å². The Bertz CT molecular complexity index is 410. The van der Waals surface area contributed by atoms with Gasteiger partial charge in [0.2, 0.25) is 0 Å². The first-order chi connectivity index (χ1) is 8.76. The van der Waals surface area contributed by atoms with Crippen LogP contribution in [0.3, 0.4) is 0 Å². The Morgan fingerprint density at radius 2 is 2.00 bits per heavy atom. The molecule has 1 N–H and O–H groups in total. The summed E-state index contributed by atoms with van der Waals surface area (Å²) in [5.41, 5.74) is 2.56. The molecule has 1 aromatic rings. The highest BCUT2D eigenvalue weighted by Gasteiger charge is 2.19. The fourth-order valence-electron chi connectivity index (χ4n) is 2.47. The van der Waals surface area contributed by atoms with Crippen molar-refractivity contribution in [3.8, 4) is 0 Å². The van der Waals surface area contributed by atoms with Gasteiger partial charge in [-0.3, -0.25) is 4.68 Å². The lowest BCUT2D eigenvalue weighted by Gasteiger charge is -2.28. The highest BCUT2D eigenvalue weighted by molar-refractivity contribution is 9.10. The summed E-state index contributed by atoms with van der Waals surface area (Å²) in [6.07, 6.45) is 0. The van der Waals surface area contributed by atoms with E-state index in [0.717, 1.165) is 36.3 Å². The summed E-state index contributed by atoms with van der Waals surface area (Å²) >= 11 is 3.63. The molecule has 1 aromatic heterocycles. The molecule has 0 atom stereocenters. The summed E-state index contributed by atoms with van der Waals surface area (Å²) in [4.78, 5) is 2.23. The molecular formula is C14H27BrN4. The van der Waals surface area contributed by atoms with E-state index in [1.165, 1.54) is 5.69 Å². The molecule has 0 fully saturated rings. The van der Waals surface area contributed by atoms with Gasteiger partial charge in [0, 0.05) is 26.2 Å². The SMILES string of the molecule is CCn1nc(C)c(Br)c1CNCC(C)(C)CN(C)C. The van der Waals surface area contributed by atoms with E-state index in [2.05, 4.69) is 70.8 Å². The van der Waals surface area contributed by atoms with Crippen molar-refractivity contribution in [3.05, 3.63) is 15.9 Å². The maximum atomic E-state index is 4.51. The predicted molar refractivity (Wildman–Crippen MR) is 84.4 cm³/mol. The lowest BCUT2D eigenvalue weighted by molar-refractivity contribution is 0.231. The van der Waals surface area contributed by atoms with Crippen LogP contribution in [0.15, 0.2) is 4.47 Å². The molecule has 0 radical (unpaired) electrons. The van der Waals surface area contributed by atoms with Gasteiger partial charge in [-0.2, -0.15) is 5.10 Å². The highest BCUT2D eigenvalue weighted by Crippen LogP contribution is 2.21. The first-order valence-electron chi connectivity index (χ1n) is 6.84. The number of rotatable bonds is 7. The van der Waals surface area contributed by atoms with E-state index in [0.29, 0.717) is 0 Å². The van der Waals surface area contributed by atoms with Crippen LogP contribution in [0.2, 0.25) is 0 Å². The second-order valence-corrected chi connectivity index (χ2v) is 6.96. The fraction of sp³-hybridized carbons (Fsp3) is 0.786. The van der Waals surface area contributed by atoms with Crippen LogP contribution in [0.25, 0.3) is 0 Å². The van der Waals surface area contributed by atoms with Crippen LogP contribution < -0.4 is 5.32 Å². The van der Waals surface area contributed by atoms with Gasteiger partial charge in [-0.15, -0.1) is 0 Å². The molecule has 1 heterocycles. The summed E-state index contributed by atoms with van der Waals surface area (Å²) in [5, 5.41) is 8.07. The summed E-state index contributed by atoms with van der Waals surface area (Å²) in [7, 11) is 4.24. The van der Waals surface area contributed by atoms with Crippen LogP contribution in [-0.4, -0.2) is 41.9 Å². The van der Waals surface area contributed by atoms with E-state index < -0.39 is 0 Å². The van der Waals surface area contributed by atoms with Gasteiger partial charge in [-0.25, -0.2) is 0 Å². The third-order valence-corrected chi connectivity index (χ3v) is 4.12. The Morgan fingerprint density at radius 3 is 2.53 bits per heavy atom. The summed E-state index contributed by atoms with van der Waals surface area (Å²) in [6, 6.07) is 0.